The smallest absolute Gasteiger partial charge is 0.336 e. The molecule has 0 N–H and O–H groups in total. The number of anilines is 1. The van der Waals surface area contributed by atoms with E-state index >= 15 is 0 Å². The summed E-state index contributed by atoms with van der Waals surface area (Å²) in [5.41, 5.74) is 2.17. The predicted molar refractivity (Wildman–Crippen MR) is 102 cm³/mol. The maximum Gasteiger partial charge on any atom is 0.336 e. The highest BCUT2D eigenvalue weighted by molar-refractivity contribution is 7.13. The monoisotopic (exact) mass is 375 g/mol. The van der Waals surface area contributed by atoms with Gasteiger partial charge in [0.25, 0.3) is 0 Å². The van der Waals surface area contributed by atoms with Crippen molar-refractivity contribution >= 4 is 39.0 Å². The first kappa shape index (κ1) is 16.6. The molecule has 2 aromatic heterocycles. The van der Waals surface area contributed by atoms with Crippen molar-refractivity contribution in [2.24, 2.45) is 0 Å². The number of hydrogen-bond donors (Lipinski definition) is 0. The van der Waals surface area contributed by atoms with Gasteiger partial charge in [0.05, 0.1) is 0 Å². The molecule has 1 saturated heterocycles. The van der Waals surface area contributed by atoms with Gasteiger partial charge in [-0.2, -0.15) is 0 Å². The average molecular weight is 376 g/mol. The molecule has 3 aromatic rings. The van der Waals surface area contributed by atoms with E-state index in [1.54, 1.807) is 17.4 Å². The third-order valence-electron chi connectivity index (χ3n) is 4.57. The van der Waals surface area contributed by atoms with Crippen molar-refractivity contribution in [3.63, 3.8) is 0 Å². The Balaban J connectivity index is 1.55. The fraction of sp³-hybridized carbons (Fsp3) is 0.333. The molecular formula is C18H18ClN3O2S. The Hall–Kier alpha value is -1.89. The Morgan fingerprint density at radius 1 is 1.24 bits per heavy atom. The van der Waals surface area contributed by atoms with Crippen molar-refractivity contribution in [1.29, 1.82) is 0 Å². The zero-order valence-electron chi connectivity index (χ0n) is 13.9. The molecule has 1 aliphatic rings. The van der Waals surface area contributed by atoms with Crippen LogP contribution in [0.5, 0.6) is 0 Å². The summed E-state index contributed by atoms with van der Waals surface area (Å²) in [4.78, 5) is 21.0. The molecule has 5 nitrogen and oxygen atoms in total. The van der Waals surface area contributed by atoms with E-state index < -0.39 is 0 Å². The van der Waals surface area contributed by atoms with Crippen molar-refractivity contribution in [3.05, 3.63) is 56.3 Å². The van der Waals surface area contributed by atoms with Crippen LogP contribution < -0.4 is 10.5 Å². The second-order valence-electron chi connectivity index (χ2n) is 6.27. The van der Waals surface area contributed by atoms with Gasteiger partial charge in [0.1, 0.15) is 5.58 Å². The van der Waals surface area contributed by atoms with Gasteiger partial charge in [-0.1, -0.05) is 11.6 Å². The van der Waals surface area contributed by atoms with Crippen LogP contribution in [-0.4, -0.2) is 36.1 Å². The Morgan fingerprint density at radius 3 is 2.76 bits per heavy atom. The zero-order valence-corrected chi connectivity index (χ0v) is 15.4. The van der Waals surface area contributed by atoms with Gasteiger partial charge in [-0.25, -0.2) is 9.78 Å². The molecule has 4 rings (SSSR count). The molecule has 0 aliphatic carbocycles. The van der Waals surface area contributed by atoms with E-state index in [0.29, 0.717) is 17.2 Å². The lowest BCUT2D eigenvalue weighted by Crippen LogP contribution is -2.46. The minimum absolute atomic E-state index is 0.314. The minimum Gasteiger partial charge on any atom is -0.423 e. The van der Waals surface area contributed by atoms with Gasteiger partial charge in [0.2, 0.25) is 0 Å². The first-order valence-corrected chi connectivity index (χ1v) is 9.45. The van der Waals surface area contributed by atoms with Crippen LogP contribution in [0.15, 0.2) is 39.0 Å². The number of nitrogens with zero attached hydrogens (tertiary/aromatic N) is 3. The fourth-order valence-electron chi connectivity index (χ4n) is 3.19. The highest BCUT2D eigenvalue weighted by Crippen LogP contribution is 2.26. The van der Waals surface area contributed by atoms with Crippen LogP contribution in [0.25, 0.3) is 11.0 Å². The number of aryl methyl sites for hydroxylation is 1. The SMILES string of the molecule is Cc1cc2oc(=O)cc(CN3CCN(c4nccs4)CC3)c2cc1Cl. The van der Waals surface area contributed by atoms with Crippen LogP contribution >= 0.6 is 22.9 Å². The molecule has 1 aliphatic heterocycles. The number of benzene rings is 1. The van der Waals surface area contributed by atoms with E-state index in [0.717, 1.165) is 47.8 Å². The van der Waals surface area contributed by atoms with Crippen LogP contribution in [-0.2, 0) is 6.54 Å². The first-order chi connectivity index (χ1) is 12.1. The molecule has 1 aromatic carbocycles. The van der Waals surface area contributed by atoms with Crippen molar-refractivity contribution in [2.75, 3.05) is 31.1 Å². The maximum atomic E-state index is 11.9. The Kier molecular flexibility index (Phi) is 4.50. The highest BCUT2D eigenvalue weighted by Gasteiger charge is 2.20. The molecule has 0 atom stereocenters. The predicted octanol–water partition coefficient (Wildman–Crippen LogP) is 3.53. The fourth-order valence-corrected chi connectivity index (χ4v) is 4.05. The third-order valence-corrected chi connectivity index (χ3v) is 5.80. The summed E-state index contributed by atoms with van der Waals surface area (Å²) in [6.07, 6.45) is 1.84. The van der Waals surface area contributed by atoms with Crippen molar-refractivity contribution in [3.8, 4) is 0 Å². The molecule has 25 heavy (non-hydrogen) atoms. The average Bonchev–Trinajstić information content (AvgIpc) is 3.12. The summed E-state index contributed by atoms with van der Waals surface area (Å²) in [6, 6.07) is 5.32. The molecule has 0 saturated carbocycles. The Morgan fingerprint density at radius 2 is 2.04 bits per heavy atom. The van der Waals surface area contributed by atoms with E-state index in [9.17, 15) is 4.79 Å². The number of rotatable bonds is 3. The molecule has 130 valence electrons. The molecule has 7 heteroatoms. The van der Waals surface area contributed by atoms with E-state index in [1.807, 2.05) is 30.6 Å². The number of thiazole rings is 1. The third kappa shape index (κ3) is 3.42. The Labute approximate surface area is 154 Å². The van der Waals surface area contributed by atoms with Crippen LogP contribution in [0.1, 0.15) is 11.1 Å². The number of hydrogen-bond acceptors (Lipinski definition) is 6. The van der Waals surface area contributed by atoms with Crippen LogP contribution in [0.3, 0.4) is 0 Å². The van der Waals surface area contributed by atoms with Crippen molar-refractivity contribution < 1.29 is 4.42 Å². The number of aromatic nitrogens is 1. The standard InChI is InChI=1S/C18H18ClN3O2S/c1-12-8-16-14(10-15(12)19)13(9-17(23)24-16)11-21-3-5-22(6-4-21)18-20-2-7-25-18/h2,7-10H,3-6,11H2,1H3. The Bertz CT molecular complexity index is 947. The molecular weight excluding hydrogens is 358 g/mol. The second-order valence-corrected chi connectivity index (χ2v) is 7.55. The largest absolute Gasteiger partial charge is 0.423 e. The number of fused-ring (bicyclic) bond motifs is 1. The summed E-state index contributed by atoms with van der Waals surface area (Å²) in [6.45, 7) is 6.36. The lowest BCUT2D eigenvalue weighted by atomic mass is 10.1. The van der Waals surface area contributed by atoms with E-state index in [1.165, 1.54) is 0 Å². The van der Waals surface area contributed by atoms with Gasteiger partial charge < -0.3 is 9.32 Å². The van der Waals surface area contributed by atoms with E-state index in [4.69, 9.17) is 16.0 Å². The van der Waals surface area contributed by atoms with Gasteiger partial charge in [-0.3, -0.25) is 4.90 Å². The van der Waals surface area contributed by atoms with E-state index in [2.05, 4.69) is 14.8 Å². The summed E-state index contributed by atoms with van der Waals surface area (Å²) < 4.78 is 5.35. The summed E-state index contributed by atoms with van der Waals surface area (Å²) >= 11 is 7.94. The molecule has 0 amide bonds. The van der Waals surface area contributed by atoms with Gasteiger partial charge >= 0.3 is 5.63 Å². The molecule has 1 fully saturated rings. The first-order valence-electron chi connectivity index (χ1n) is 8.20. The lowest BCUT2D eigenvalue weighted by Gasteiger charge is -2.34. The quantitative estimate of drug-likeness (QED) is 0.655. The van der Waals surface area contributed by atoms with Gasteiger partial charge in [0, 0.05) is 60.8 Å². The second kappa shape index (κ2) is 6.78. The summed E-state index contributed by atoms with van der Waals surface area (Å²) in [7, 11) is 0. The topological polar surface area (TPSA) is 49.6 Å². The van der Waals surface area contributed by atoms with Crippen LogP contribution in [0.4, 0.5) is 5.13 Å². The van der Waals surface area contributed by atoms with Gasteiger partial charge in [-0.05, 0) is 30.2 Å². The number of piperazine rings is 1. The summed E-state index contributed by atoms with van der Waals surface area (Å²) in [5.74, 6) is 0. The molecule has 0 spiro atoms. The normalized spacial score (nSPS) is 15.8. The van der Waals surface area contributed by atoms with Crippen molar-refractivity contribution in [2.45, 2.75) is 13.5 Å². The molecule has 3 heterocycles. The summed E-state index contributed by atoms with van der Waals surface area (Å²) in [5, 5.41) is 4.68. The van der Waals surface area contributed by atoms with Gasteiger partial charge in [-0.15, -0.1) is 11.3 Å². The minimum atomic E-state index is -0.314. The maximum absolute atomic E-state index is 11.9. The molecule has 0 unspecified atom stereocenters. The van der Waals surface area contributed by atoms with Crippen LogP contribution in [0.2, 0.25) is 5.02 Å². The van der Waals surface area contributed by atoms with E-state index in [-0.39, 0.29) is 5.63 Å². The lowest BCUT2D eigenvalue weighted by molar-refractivity contribution is 0.250. The highest BCUT2D eigenvalue weighted by atomic mass is 35.5. The van der Waals surface area contributed by atoms with Gasteiger partial charge in [0.15, 0.2) is 5.13 Å². The van der Waals surface area contributed by atoms with Crippen LogP contribution in [0, 0.1) is 6.92 Å². The molecule has 0 bridgehead atoms. The number of halogens is 1. The zero-order chi connectivity index (χ0) is 17.4. The molecule has 0 radical (unpaired) electrons. The van der Waals surface area contributed by atoms with Crippen molar-refractivity contribution in [1.82, 2.24) is 9.88 Å².